The van der Waals surface area contributed by atoms with Gasteiger partial charge in [-0.25, -0.2) is 9.59 Å². The molecule has 0 spiro atoms. The minimum Gasteiger partial charge on any atom is -0.465 e. The molecule has 0 aliphatic heterocycles. The van der Waals surface area contributed by atoms with Crippen molar-refractivity contribution in [1.82, 2.24) is 5.32 Å². The normalized spacial score (nSPS) is 15.5. The fraction of sp³-hybridized carbons (Fsp3) is 0.556. The molecule has 1 aliphatic rings. The lowest BCUT2D eigenvalue weighted by Crippen LogP contribution is -2.41. The molecule has 0 radical (unpaired) electrons. The van der Waals surface area contributed by atoms with Crippen LogP contribution in [0.15, 0.2) is 18.2 Å². The number of methoxy groups -OCH3 is 1. The zero-order chi connectivity index (χ0) is 17.7. The summed E-state index contributed by atoms with van der Waals surface area (Å²) in [6.45, 7) is 4.45. The molecule has 1 aliphatic carbocycles. The summed E-state index contributed by atoms with van der Waals surface area (Å²) in [7, 11) is 1.32. The van der Waals surface area contributed by atoms with E-state index in [1.807, 2.05) is 19.9 Å². The van der Waals surface area contributed by atoms with E-state index in [2.05, 4.69) is 10.6 Å². The third-order valence-corrected chi connectivity index (χ3v) is 4.50. The van der Waals surface area contributed by atoms with Crippen LogP contribution >= 0.6 is 0 Å². The summed E-state index contributed by atoms with van der Waals surface area (Å²) in [4.78, 5) is 23.8. The van der Waals surface area contributed by atoms with Crippen LogP contribution in [0.25, 0.3) is 0 Å². The average Bonchev–Trinajstić information content (AvgIpc) is 2.52. The minimum atomic E-state index is -0.610. The third kappa shape index (κ3) is 4.47. The van der Waals surface area contributed by atoms with Crippen LogP contribution in [0.3, 0.4) is 0 Å². The van der Waals surface area contributed by atoms with Crippen molar-refractivity contribution in [3.05, 3.63) is 29.3 Å². The summed E-state index contributed by atoms with van der Waals surface area (Å²) in [5, 5.41) is 15.6. The highest BCUT2D eigenvalue weighted by Crippen LogP contribution is 2.34. The second-order valence-corrected chi connectivity index (χ2v) is 6.66. The molecule has 3 N–H and O–H groups in total. The Kier molecular flexibility index (Phi) is 5.83. The molecule has 2 rings (SSSR count). The molecular formula is C18H26N2O4. The van der Waals surface area contributed by atoms with Gasteiger partial charge in [-0.2, -0.15) is 0 Å². The maximum absolute atomic E-state index is 12.1. The molecule has 0 unspecified atom stereocenters. The van der Waals surface area contributed by atoms with Crippen LogP contribution in [-0.2, 0) is 4.74 Å². The highest BCUT2D eigenvalue weighted by molar-refractivity contribution is 5.94. The number of rotatable bonds is 6. The first kappa shape index (κ1) is 18.3. The van der Waals surface area contributed by atoms with E-state index in [0.717, 1.165) is 24.8 Å². The first-order chi connectivity index (χ1) is 11.3. The van der Waals surface area contributed by atoms with Crippen LogP contribution in [0.2, 0.25) is 0 Å². The number of hydrogen-bond acceptors (Lipinski definition) is 4. The Labute approximate surface area is 142 Å². The van der Waals surface area contributed by atoms with Gasteiger partial charge < -0.3 is 20.5 Å². The molecule has 1 fully saturated rings. The number of ether oxygens (including phenoxy) is 1. The number of carbonyl (C=O) groups excluding carboxylic acids is 2. The van der Waals surface area contributed by atoms with Crippen LogP contribution in [-0.4, -0.2) is 36.4 Å². The van der Waals surface area contributed by atoms with Gasteiger partial charge in [0, 0.05) is 12.2 Å². The van der Waals surface area contributed by atoms with Gasteiger partial charge in [-0.15, -0.1) is 0 Å². The maximum Gasteiger partial charge on any atom is 0.337 e. The number of anilines is 1. The van der Waals surface area contributed by atoms with Crippen molar-refractivity contribution in [3.8, 4) is 0 Å². The van der Waals surface area contributed by atoms with Crippen LogP contribution < -0.4 is 10.6 Å². The summed E-state index contributed by atoms with van der Waals surface area (Å²) in [6.07, 6.45) is 3.20. The van der Waals surface area contributed by atoms with Gasteiger partial charge in [0.2, 0.25) is 0 Å². The van der Waals surface area contributed by atoms with Crippen molar-refractivity contribution >= 4 is 17.7 Å². The van der Waals surface area contributed by atoms with Gasteiger partial charge in [0.1, 0.15) is 0 Å². The summed E-state index contributed by atoms with van der Waals surface area (Å²) < 4.78 is 4.72. The Balaban J connectivity index is 2.00. The summed E-state index contributed by atoms with van der Waals surface area (Å²) in [5.41, 5.74) is 1.31. The van der Waals surface area contributed by atoms with E-state index in [1.165, 1.54) is 7.11 Å². The summed E-state index contributed by atoms with van der Waals surface area (Å²) in [5.74, 6) is -0.247. The molecule has 6 nitrogen and oxygen atoms in total. The van der Waals surface area contributed by atoms with Gasteiger partial charge in [0.15, 0.2) is 0 Å². The number of esters is 1. The number of amides is 2. The van der Waals surface area contributed by atoms with Crippen molar-refractivity contribution in [1.29, 1.82) is 0 Å². The van der Waals surface area contributed by atoms with E-state index in [1.54, 1.807) is 12.1 Å². The summed E-state index contributed by atoms with van der Waals surface area (Å²) in [6, 6.07) is 4.79. The molecule has 6 heteroatoms. The summed E-state index contributed by atoms with van der Waals surface area (Å²) >= 11 is 0. The van der Waals surface area contributed by atoms with Gasteiger partial charge in [-0.1, -0.05) is 19.9 Å². The van der Waals surface area contributed by atoms with Crippen LogP contribution in [0, 0.1) is 0 Å². The Bertz CT molecular complexity index is 609. The Hall–Kier alpha value is -2.08. The van der Waals surface area contributed by atoms with Crippen molar-refractivity contribution in [2.24, 2.45) is 0 Å². The molecule has 0 bridgehead atoms. The lowest BCUT2D eigenvalue weighted by Gasteiger charge is -2.36. The molecule has 0 atom stereocenters. The van der Waals surface area contributed by atoms with Gasteiger partial charge in [0.25, 0.3) is 0 Å². The van der Waals surface area contributed by atoms with E-state index >= 15 is 0 Å². The lowest BCUT2D eigenvalue weighted by molar-refractivity contribution is -0.0388. The fourth-order valence-electron chi connectivity index (χ4n) is 2.82. The molecule has 0 heterocycles. The standard InChI is InChI=1S/C18H26N2O4/c1-12(2)14-6-5-13(16(21)24-3)11-15(14)20-17(22)19-10-9-18(23)7-4-8-18/h5-6,11-12,23H,4,7-10H2,1-3H3,(H2,19,20,22). The van der Waals surface area contributed by atoms with Gasteiger partial charge in [-0.05, 0) is 49.3 Å². The minimum absolute atomic E-state index is 0.197. The molecule has 0 aromatic heterocycles. The highest BCUT2D eigenvalue weighted by atomic mass is 16.5. The smallest absolute Gasteiger partial charge is 0.337 e. The molecule has 24 heavy (non-hydrogen) atoms. The maximum atomic E-state index is 12.1. The van der Waals surface area contributed by atoms with Crippen molar-refractivity contribution in [2.75, 3.05) is 19.0 Å². The predicted molar refractivity (Wildman–Crippen MR) is 92.3 cm³/mol. The number of hydrogen-bond donors (Lipinski definition) is 3. The Morgan fingerprint density at radius 1 is 1.33 bits per heavy atom. The molecule has 0 saturated heterocycles. The zero-order valence-electron chi connectivity index (χ0n) is 14.5. The highest BCUT2D eigenvalue weighted by Gasteiger charge is 2.33. The van der Waals surface area contributed by atoms with E-state index < -0.39 is 11.6 Å². The second-order valence-electron chi connectivity index (χ2n) is 6.66. The monoisotopic (exact) mass is 334 g/mol. The second kappa shape index (κ2) is 7.66. The third-order valence-electron chi connectivity index (χ3n) is 4.50. The lowest BCUT2D eigenvalue weighted by atomic mass is 9.78. The fourth-order valence-corrected chi connectivity index (χ4v) is 2.82. The van der Waals surface area contributed by atoms with Crippen LogP contribution in [0.5, 0.6) is 0 Å². The van der Waals surface area contributed by atoms with E-state index in [-0.39, 0.29) is 11.9 Å². The van der Waals surface area contributed by atoms with Crippen molar-refractivity contribution in [3.63, 3.8) is 0 Å². The molecule has 1 aromatic rings. The molecule has 2 amide bonds. The number of carbonyl (C=O) groups is 2. The van der Waals surface area contributed by atoms with Gasteiger partial charge in [-0.3, -0.25) is 0 Å². The zero-order valence-corrected chi connectivity index (χ0v) is 14.5. The topological polar surface area (TPSA) is 87.7 Å². The SMILES string of the molecule is COC(=O)c1ccc(C(C)C)c(NC(=O)NCCC2(O)CCC2)c1. The Morgan fingerprint density at radius 3 is 2.58 bits per heavy atom. The van der Waals surface area contributed by atoms with Gasteiger partial charge in [0.05, 0.1) is 18.3 Å². The number of urea groups is 1. The number of benzene rings is 1. The Morgan fingerprint density at radius 2 is 2.04 bits per heavy atom. The molecule has 1 aromatic carbocycles. The quantitative estimate of drug-likeness (QED) is 0.698. The van der Waals surface area contributed by atoms with E-state index in [0.29, 0.717) is 24.2 Å². The van der Waals surface area contributed by atoms with E-state index in [9.17, 15) is 14.7 Å². The van der Waals surface area contributed by atoms with Crippen molar-refractivity contribution < 1.29 is 19.4 Å². The number of nitrogens with one attached hydrogen (secondary N) is 2. The van der Waals surface area contributed by atoms with Crippen LogP contribution in [0.1, 0.15) is 61.4 Å². The number of aliphatic hydroxyl groups is 1. The molecule has 1 saturated carbocycles. The largest absolute Gasteiger partial charge is 0.465 e. The molecular weight excluding hydrogens is 308 g/mol. The predicted octanol–water partition coefficient (Wildman–Crippen LogP) is 3.02. The molecule has 132 valence electrons. The first-order valence-electron chi connectivity index (χ1n) is 8.34. The van der Waals surface area contributed by atoms with Crippen LogP contribution in [0.4, 0.5) is 10.5 Å². The van der Waals surface area contributed by atoms with Gasteiger partial charge >= 0.3 is 12.0 Å². The van der Waals surface area contributed by atoms with Crippen molar-refractivity contribution in [2.45, 2.75) is 51.0 Å². The first-order valence-corrected chi connectivity index (χ1v) is 8.34. The average molecular weight is 334 g/mol. The van der Waals surface area contributed by atoms with E-state index in [4.69, 9.17) is 4.74 Å².